The quantitative estimate of drug-likeness (QED) is 0.591. The molecule has 0 fully saturated rings. The summed E-state index contributed by atoms with van der Waals surface area (Å²) in [6, 6.07) is 10.4. The van der Waals surface area contributed by atoms with Crippen LogP contribution in [0.4, 0.5) is 30.2 Å². The fraction of sp³-hybridized carbons (Fsp3) is 0.100. The molecule has 144 valence electrons. The molecule has 3 rings (SSSR count). The van der Waals surface area contributed by atoms with E-state index < -0.39 is 29.0 Å². The molecule has 28 heavy (non-hydrogen) atoms. The summed E-state index contributed by atoms with van der Waals surface area (Å²) in [5, 5.41) is 5.28. The van der Waals surface area contributed by atoms with Crippen LogP contribution in [0.1, 0.15) is 17.3 Å². The lowest BCUT2D eigenvalue weighted by Gasteiger charge is -2.10. The van der Waals surface area contributed by atoms with Gasteiger partial charge in [0.2, 0.25) is 0 Å². The lowest BCUT2D eigenvalue weighted by Crippen LogP contribution is -2.14. The highest BCUT2D eigenvalue weighted by Gasteiger charge is 2.16. The number of carbonyl (C=O) groups is 1. The van der Waals surface area contributed by atoms with Gasteiger partial charge in [-0.2, -0.15) is 0 Å². The number of benzene rings is 2. The van der Waals surface area contributed by atoms with Gasteiger partial charge >= 0.3 is 0 Å². The summed E-state index contributed by atoms with van der Waals surface area (Å²) in [5.74, 6) is -4.44. The molecule has 3 aromatic rings. The molecule has 1 amide bonds. The number of anilines is 3. The number of halogens is 3. The highest BCUT2D eigenvalue weighted by Crippen LogP contribution is 2.22. The Balaban J connectivity index is 1.73. The molecule has 8 heteroatoms. The van der Waals surface area contributed by atoms with E-state index in [2.05, 4.69) is 15.6 Å². The molecule has 0 aliphatic rings. The van der Waals surface area contributed by atoms with E-state index in [1.165, 1.54) is 18.5 Å². The SMILES string of the molecule is CCOc1ccc(Nc2cncc(C(=O)Nc3ccc(F)c(F)c3F)c2)cc1. The van der Waals surface area contributed by atoms with Gasteiger partial charge < -0.3 is 15.4 Å². The molecule has 0 unspecified atom stereocenters. The zero-order valence-electron chi connectivity index (χ0n) is 14.8. The third-order valence-electron chi connectivity index (χ3n) is 3.74. The molecule has 1 heterocycles. The molecular weight excluding hydrogens is 371 g/mol. The van der Waals surface area contributed by atoms with Gasteiger partial charge in [-0.15, -0.1) is 0 Å². The van der Waals surface area contributed by atoms with Crippen molar-refractivity contribution >= 4 is 23.0 Å². The van der Waals surface area contributed by atoms with E-state index in [9.17, 15) is 18.0 Å². The molecule has 0 saturated carbocycles. The van der Waals surface area contributed by atoms with Crippen LogP contribution in [0.2, 0.25) is 0 Å². The van der Waals surface area contributed by atoms with Gasteiger partial charge in [-0.1, -0.05) is 0 Å². The average Bonchev–Trinajstić information content (AvgIpc) is 2.70. The Labute approximate surface area is 159 Å². The van der Waals surface area contributed by atoms with Crippen molar-refractivity contribution in [3.8, 4) is 5.75 Å². The van der Waals surface area contributed by atoms with Crippen LogP contribution in [0.25, 0.3) is 0 Å². The van der Waals surface area contributed by atoms with E-state index in [1.807, 2.05) is 6.92 Å². The minimum Gasteiger partial charge on any atom is -0.494 e. The van der Waals surface area contributed by atoms with Gasteiger partial charge in [0, 0.05) is 11.9 Å². The van der Waals surface area contributed by atoms with Crippen molar-refractivity contribution in [2.24, 2.45) is 0 Å². The Morgan fingerprint density at radius 2 is 1.75 bits per heavy atom. The number of carbonyl (C=O) groups excluding carboxylic acids is 1. The number of rotatable bonds is 6. The van der Waals surface area contributed by atoms with E-state index >= 15 is 0 Å². The molecule has 1 aromatic heterocycles. The first kappa shape index (κ1) is 19.2. The summed E-state index contributed by atoms with van der Waals surface area (Å²) < 4.78 is 45.4. The molecular formula is C20H16F3N3O2. The second-order valence-corrected chi connectivity index (χ2v) is 5.72. The fourth-order valence-corrected chi connectivity index (χ4v) is 2.42. The summed E-state index contributed by atoms with van der Waals surface area (Å²) in [5.41, 5.74) is 0.908. The standard InChI is InChI=1S/C20H16F3N3O2/c1-2-28-15-5-3-13(4-6-15)25-14-9-12(10-24-11-14)20(27)26-17-8-7-16(21)18(22)19(17)23/h3-11,25H,2H2,1H3,(H,26,27). The average molecular weight is 387 g/mol. The first-order valence-electron chi connectivity index (χ1n) is 8.37. The molecule has 0 radical (unpaired) electrons. The summed E-state index contributed by atoms with van der Waals surface area (Å²) in [4.78, 5) is 16.3. The number of hydrogen-bond donors (Lipinski definition) is 2. The summed E-state index contributed by atoms with van der Waals surface area (Å²) in [6.45, 7) is 2.45. The highest BCUT2D eigenvalue weighted by atomic mass is 19.2. The normalized spacial score (nSPS) is 10.4. The lowest BCUT2D eigenvalue weighted by atomic mass is 10.2. The van der Waals surface area contributed by atoms with Crippen LogP contribution in [-0.4, -0.2) is 17.5 Å². The zero-order valence-corrected chi connectivity index (χ0v) is 14.8. The van der Waals surface area contributed by atoms with E-state index in [1.54, 1.807) is 24.3 Å². The minimum atomic E-state index is -1.65. The van der Waals surface area contributed by atoms with Crippen LogP contribution in [0, 0.1) is 17.5 Å². The Kier molecular flexibility index (Phi) is 5.78. The van der Waals surface area contributed by atoms with Crippen LogP contribution >= 0.6 is 0 Å². The molecule has 2 aromatic carbocycles. The summed E-state index contributed by atoms with van der Waals surface area (Å²) in [6.07, 6.45) is 2.78. The smallest absolute Gasteiger partial charge is 0.257 e. The largest absolute Gasteiger partial charge is 0.494 e. The zero-order chi connectivity index (χ0) is 20.1. The molecule has 0 aliphatic carbocycles. The van der Waals surface area contributed by atoms with E-state index in [0.29, 0.717) is 12.3 Å². The van der Waals surface area contributed by atoms with Crippen molar-refractivity contribution in [2.75, 3.05) is 17.2 Å². The number of amides is 1. The first-order chi connectivity index (χ1) is 13.5. The van der Waals surface area contributed by atoms with E-state index in [0.717, 1.165) is 23.6 Å². The molecule has 0 spiro atoms. The summed E-state index contributed by atoms with van der Waals surface area (Å²) in [7, 11) is 0. The molecule has 0 aliphatic heterocycles. The third-order valence-corrected chi connectivity index (χ3v) is 3.74. The first-order valence-corrected chi connectivity index (χ1v) is 8.37. The Hall–Kier alpha value is -3.55. The van der Waals surface area contributed by atoms with Crippen LogP contribution in [0.3, 0.4) is 0 Å². The van der Waals surface area contributed by atoms with Gasteiger partial charge in [-0.05, 0) is 49.4 Å². The third kappa shape index (κ3) is 4.40. The van der Waals surface area contributed by atoms with E-state index in [4.69, 9.17) is 4.74 Å². The highest BCUT2D eigenvalue weighted by molar-refractivity contribution is 6.04. The Bertz CT molecular complexity index is 994. The maximum absolute atomic E-state index is 13.7. The van der Waals surface area contributed by atoms with Gasteiger partial charge in [0.05, 0.1) is 29.7 Å². The van der Waals surface area contributed by atoms with Crippen LogP contribution in [-0.2, 0) is 0 Å². The lowest BCUT2D eigenvalue weighted by molar-refractivity contribution is 0.102. The number of ether oxygens (including phenoxy) is 1. The topological polar surface area (TPSA) is 63.2 Å². The van der Waals surface area contributed by atoms with Crippen molar-refractivity contribution < 1.29 is 22.7 Å². The molecule has 5 nitrogen and oxygen atoms in total. The van der Waals surface area contributed by atoms with Crippen LogP contribution in [0.5, 0.6) is 5.75 Å². The van der Waals surface area contributed by atoms with Crippen molar-refractivity contribution in [3.05, 3.63) is 77.9 Å². The van der Waals surface area contributed by atoms with Gasteiger partial charge in [0.15, 0.2) is 17.5 Å². The second kappa shape index (κ2) is 8.43. The molecule has 0 atom stereocenters. The van der Waals surface area contributed by atoms with Crippen molar-refractivity contribution in [1.82, 2.24) is 4.98 Å². The Morgan fingerprint density at radius 3 is 2.46 bits per heavy atom. The summed E-state index contributed by atoms with van der Waals surface area (Å²) >= 11 is 0. The predicted octanol–water partition coefficient (Wildman–Crippen LogP) is 4.89. The molecule has 0 saturated heterocycles. The Morgan fingerprint density at radius 1 is 1.00 bits per heavy atom. The van der Waals surface area contributed by atoms with Crippen LogP contribution in [0.15, 0.2) is 54.9 Å². The molecule has 0 bridgehead atoms. The molecule has 2 N–H and O–H groups in total. The number of nitrogens with one attached hydrogen (secondary N) is 2. The van der Waals surface area contributed by atoms with Crippen molar-refractivity contribution in [2.45, 2.75) is 6.92 Å². The number of pyridine rings is 1. The maximum atomic E-state index is 13.7. The van der Waals surface area contributed by atoms with E-state index in [-0.39, 0.29) is 5.56 Å². The number of nitrogens with zero attached hydrogens (tertiary/aromatic N) is 1. The predicted molar refractivity (Wildman–Crippen MR) is 99.4 cm³/mol. The van der Waals surface area contributed by atoms with Crippen LogP contribution < -0.4 is 15.4 Å². The van der Waals surface area contributed by atoms with Gasteiger partial charge in [0.25, 0.3) is 5.91 Å². The van der Waals surface area contributed by atoms with Crippen molar-refractivity contribution in [1.29, 1.82) is 0 Å². The maximum Gasteiger partial charge on any atom is 0.257 e. The van der Waals surface area contributed by atoms with Crippen molar-refractivity contribution in [3.63, 3.8) is 0 Å². The van der Waals surface area contributed by atoms with Gasteiger partial charge in [-0.3, -0.25) is 9.78 Å². The number of hydrogen-bond acceptors (Lipinski definition) is 4. The number of aromatic nitrogens is 1. The second-order valence-electron chi connectivity index (χ2n) is 5.72. The monoisotopic (exact) mass is 387 g/mol. The van der Waals surface area contributed by atoms with Gasteiger partial charge in [0.1, 0.15) is 5.75 Å². The fourth-order valence-electron chi connectivity index (χ4n) is 2.42. The minimum absolute atomic E-state index is 0.111. The van der Waals surface area contributed by atoms with Gasteiger partial charge in [-0.25, -0.2) is 13.2 Å².